The molecular weight excluding hydrogens is 280 g/mol. The first kappa shape index (κ1) is 15.0. The molecule has 0 bridgehead atoms. The maximum Gasteiger partial charge on any atom is 0.410 e. The predicted octanol–water partition coefficient (Wildman–Crippen LogP) is 3.07. The van der Waals surface area contributed by atoms with Gasteiger partial charge < -0.3 is 19.7 Å². The van der Waals surface area contributed by atoms with E-state index in [1.807, 2.05) is 37.8 Å². The number of carbonyl (C=O) groups excluding carboxylic acids is 1. The third-order valence-corrected chi connectivity index (χ3v) is 4.31. The minimum atomic E-state index is -0.454. The Morgan fingerprint density at radius 3 is 2.77 bits per heavy atom. The Bertz CT molecular complexity index is 580. The Morgan fingerprint density at radius 1 is 1.32 bits per heavy atom. The van der Waals surface area contributed by atoms with E-state index < -0.39 is 5.60 Å². The highest BCUT2D eigenvalue weighted by atomic mass is 16.6. The van der Waals surface area contributed by atoms with Crippen LogP contribution < -0.4 is 10.1 Å². The van der Waals surface area contributed by atoms with Crippen molar-refractivity contribution >= 4 is 11.8 Å². The van der Waals surface area contributed by atoms with Crippen LogP contribution in [0.4, 0.5) is 10.5 Å². The molecule has 2 heterocycles. The minimum absolute atomic E-state index is 0.216. The number of methoxy groups -OCH3 is 1. The van der Waals surface area contributed by atoms with E-state index in [1.54, 1.807) is 7.11 Å². The number of nitrogens with one attached hydrogen (secondary N) is 1. The van der Waals surface area contributed by atoms with Gasteiger partial charge in [-0.05, 0) is 32.4 Å². The van der Waals surface area contributed by atoms with Gasteiger partial charge in [-0.1, -0.05) is 12.1 Å². The molecule has 5 heteroatoms. The molecule has 2 aliphatic rings. The summed E-state index contributed by atoms with van der Waals surface area (Å²) in [7, 11) is 1.69. The van der Waals surface area contributed by atoms with Crippen LogP contribution in [-0.2, 0) is 4.74 Å². The molecule has 120 valence electrons. The summed E-state index contributed by atoms with van der Waals surface area (Å²) in [6.45, 7) is 8.00. The molecule has 1 saturated heterocycles. The van der Waals surface area contributed by atoms with Crippen LogP contribution in [0, 0.1) is 5.92 Å². The van der Waals surface area contributed by atoms with Crippen molar-refractivity contribution in [1.82, 2.24) is 4.90 Å². The number of carbonyl (C=O) groups is 1. The molecule has 1 amide bonds. The van der Waals surface area contributed by atoms with E-state index in [1.165, 1.54) is 5.56 Å². The second-order valence-corrected chi connectivity index (χ2v) is 7.06. The van der Waals surface area contributed by atoms with E-state index >= 15 is 0 Å². The van der Waals surface area contributed by atoms with Crippen molar-refractivity contribution in [2.75, 3.05) is 32.1 Å². The quantitative estimate of drug-likeness (QED) is 0.866. The summed E-state index contributed by atoms with van der Waals surface area (Å²) >= 11 is 0. The van der Waals surface area contributed by atoms with Crippen LogP contribution in [0.1, 0.15) is 32.3 Å². The van der Waals surface area contributed by atoms with E-state index in [2.05, 4.69) is 11.4 Å². The third kappa shape index (κ3) is 2.72. The van der Waals surface area contributed by atoms with E-state index in [0.717, 1.165) is 24.5 Å². The number of para-hydroxylation sites is 1. The highest BCUT2D eigenvalue weighted by Gasteiger charge is 2.41. The highest BCUT2D eigenvalue weighted by molar-refractivity contribution is 5.70. The van der Waals surface area contributed by atoms with E-state index in [9.17, 15) is 4.79 Å². The number of amides is 1. The third-order valence-electron chi connectivity index (χ3n) is 4.31. The normalized spacial score (nSPS) is 23.4. The van der Waals surface area contributed by atoms with Gasteiger partial charge in [-0.15, -0.1) is 0 Å². The zero-order valence-electron chi connectivity index (χ0n) is 13.7. The number of benzene rings is 1. The number of hydrogen-bond donors (Lipinski definition) is 1. The fraction of sp³-hybridized carbons (Fsp3) is 0.588. The predicted molar refractivity (Wildman–Crippen MR) is 85.5 cm³/mol. The molecule has 1 N–H and O–H groups in total. The van der Waals surface area contributed by atoms with Gasteiger partial charge in [0.05, 0.1) is 12.8 Å². The Morgan fingerprint density at radius 2 is 2.09 bits per heavy atom. The van der Waals surface area contributed by atoms with Crippen molar-refractivity contribution in [3.63, 3.8) is 0 Å². The molecule has 22 heavy (non-hydrogen) atoms. The largest absolute Gasteiger partial charge is 0.495 e. The maximum absolute atomic E-state index is 12.3. The summed E-state index contributed by atoms with van der Waals surface area (Å²) in [5.74, 6) is 1.64. The summed E-state index contributed by atoms with van der Waals surface area (Å²) in [6.07, 6.45) is -0.216. The second kappa shape index (κ2) is 5.38. The zero-order valence-corrected chi connectivity index (χ0v) is 13.7. The van der Waals surface area contributed by atoms with Crippen molar-refractivity contribution in [3.05, 3.63) is 23.8 Å². The van der Waals surface area contributed by atoms with Gasteiger partial charge in [-0.25, -0.2) is 4.79 Å². The lowest BCUT2D eigenvalue weighted by Crippen LogP contribution is -2.35. The van der Waals surface area contributed by atoms with Gasteiger partial charge in [0.15, 0.2) is 0 Å². The molecule has 1 aromatic rings. The lowest BCUT2D eigenvalue weighted by atomic mass is 9.84. The first-order chi connectivity index (χ1) is 10.4. The van der Waals surface area contributed by atoms with Crippen LogP contribution in [0.5, 0.6) is 5.75 Å². The van der Waals surface area contributed by atoms with Crippen molar-refractivity contribution in [1.29, 1.82) is 0 Å². The summed E-state index contributed by atoms with van der Waals surface area (Å²) in [4.78, 5) is 14.1. The van der Waals surface area contributed by atoms with Crippen LogP contribution in [0.25, 0.3) is 0 Å². The standard InChI is InChI=1S/C17H24N2O3/c1-17(2,3)22-16(20)19-9-11-8-18-15-12(13(11)10-19)6-5-7-14(15)21-4/h5-7,11,13,18H,8-10H2,1-4H3/t11-,13+/m1/s1. The number of anilines is 1. The fourth-order valence-corrected chi connectivity index (χ4v) is 3.36. The van der Waals surface area contributed by atoms with Crippen LogP contribution in [-0.4, -0.2) is 43.3 Å². The number of rotatable bonds is 1. The molecular formula is C17H24N2O3. The van der Waals surface area contributed by atoms with E-state index in [4.69, 9.17) is 9.47 Å². The molecule has 5 nitrogen and oxygen atoms in total. The first-order valence-electron chi connectivity index (χ1n) is 7.78. The molecule has 0 saturated carbocycles. The Labute approximate surface area is 131 Å². The van der Waals surface area contributed by atoms with Gasteiger partial charge in [0.2, 0.25) is 0 Å². The number of hydrogen-bond acceptors (Lipinski definition) is 4. The van der Waals surface area contributed by atoms with Gasteiger partial charge in [0.1, 0.15) is 11.4 Å². The molecule has 0 aromatic heterocycles. The van der Waals surface area contributed by atoms with Crippen molar-refractivity contribution in [2.24, 2.45) is 5.92 Å². The van der Waals surface area contributed by atoms with Crippen LogP contribution in [0.15, 0.2) is 18.2 Å². The number of nitrogens with zero attached hydrogens (tertiary/aromatic N) is 1. The molecule has 1 aromatic carbocycles. The molecule has 2 atom stereocenters. The first-order valence-corrected chi connectivity index (χ1v) is 7.78. The topological polar surface area (TPSA) is 50.8 Å². The lowest BCUT2D eigenvalue weighted by molar-refractivity contribution is 0.0287. The summed E-state index contributed by atoms with van der Waals surface area (Å²) in [5, 5.41) is 3.46. The summed E-state index contributed by atoms with van der Waals surface area (Å²) < 4.78 is 10.9. The molecule has 3 rings (SSSR count). The average Bonchev–Trinajstić information content (AvgIpc) is 2.89. The van der Waals surface area contributed by atoms with Gasteiger partial charge in [-0.2, -0.15) is 0 Å². The SMILES string of the molecule is COc1cccc2c1NC[C@@H]1CN(C(=O)OC(C)(C)C)C[C@H]21. The Hall–Kier alpha value is -1.91. The Balaban J connectivity index is 1.80. The molecule has 0 radical (unpaired) electrons. The van der Waals surface area contributed by atoms with Crippen LogP contribution in [0.2, 0.25) is 0 Å². The highest BCUT2D eigenvalue weighted by Crippen LogP contribution is 2.44. The molecule has 0 aliphatic carbocycles. The van der Waals surface area contributed by atoms with E-state index in [-0.39, 0.29) is 6.09 Å². The monoisotopic (exact) mass is 304 g/mol. The van der Waals surface area contributed by atoms with Crippen molar-refractivity contribution in [3.8, 4) is 5.75 Å². The number of likely N-dealkylation sites (tertiary alicyclic amines) is 1. The van der Waals surface area contributed by atoms with E-state index in [0.29, 0.717) is 18.4 Å². The van der Waals surface area contributed by atoms with Crippen molar-refractivity contribution < 1.29 is 14.3 Å². The fourth-order valence-electron chi connectivity index (χ4n) is 3.36. The summed E-state index contributed by atoms with van der Waals surface area (Å²) in [6, 6.07) is 6.10. The minimum Gasteiger partial charge on any atom is -0.495 e. The molecule has 0 unspecified atom stereocenters. The second-order valence-electron chi connectivity index (χ2n) is 7.06. The van der Waals surface area contributed by atoms with Crippen molar-refractivity contribution in [2.45, 2.75) is 32.3 Å². The van der Waals surface area contributed by atoms with Crippen LogP contribution >= 0.6 is 0 Å². The smallest absolute Gasteiger partial charge is 0.410 e. The van der Waals surface area contributed by atoms with Gasteiger partial charge in [0.25, 0.3) is 0 Å². The molecule has 2 aliphatic heterocycles. The number of fused-ring (bicyclic) bond motifs is 3. The maximum atomic E-state index is 12.3. The number of ether oxygens (including phenoxy) is 2. The molecule has 0 spiro atoms. The average molecular weight is 304 g/mol. The van der Waals surface area contributed by atoms with Gasteiger partial charge in [0, 0.05) is 31.5 Å². The summed E-state index contributed by atoms with van der Waals surface area (Å²) in [5.41, 5.74) is 1.85. The Kier molecular flexibility index (Phi) is 3.67. The van der Waals surface area contributed by atoms with Gasteiger partial charge >= 0.3 is 6.09 Å². The molecule has 1 fully saturated rings. The van der Waals surface area contributed by atoms with Crippen LogP contribution in [0.3, 0.4) is 0 Å². The zero-order chi connectivity index (χ0) is 15.9. The lowest BCUT2D eigenvalue weighted by Gasteiger charge is -2.29. The van der Waals surface area contributed by atoms with Gasteiger partial charge in [-0.3, -0.25) is 0 Å².